The van der Waals surface area contributed by atoms with Gasteiger partial charge in [0.05, 0.1) is 19.8 Å². The van der Waals surface area contributed by atoms with Crippen LogP contribution in [0.1, 0.15) is 31.6 Å². The smallest absolute Gasteiger partial charge is 0.191 e. The molecule has 0 saturated carbocycles. The first-order chi connectivity index (χ1) is 9.63. The Kier molecular flexibility index (Phi) is 5.43. The summed E-state index contributed by atoms with van der Waals surface area (Å²) in [6, 6.07) is 4.29. The van der Waals surface area contributed by atoms with E-state index in [9.17, 15) is 0 Å². The summed E-state index contributed by atoms with van der Waals surface area (Å²) >= 11 is 1.81. The standard InChI is InChI=1S/C15H25N3OS/c1-4-16-14(18-9-15(3)10-19-11-15)17-8-12(2)13-6-5-7-20-13/h5-7,12H,4,8-11H2,1-3H3,(H2,16,17,18). The van der Waals surface area contributed by atoms with Crippen molar-refractivity contribution in [2.45, 2.75) is 26.7 Å². The summed E-state index contributed by atoms with van der Waals surface area (Å²) in [5.41, 5.74) is 0.224. The van der Waals surface area contributed by atoms with Gasteiger partial charge in [-0.1, -0.05) is 19.9 Å². The highest BCUT2D eigenvalue weighted by molar-refractivity contribution is 7.10. The van der Waals surface area contributed by atoms with Crippen LogP contribution in [-0.4, -0.2) is 38.8 Å². The van der Waals surface area contributed by atoms with Crippen molar-refractivity contribution in [3.8, 4) is 0 Å². The van der Waals surface area contributed by atoms with Gasteiger partial charge in [0.25, 0.3) is 0 Å². The lowest BCUT2D eigenvalue weighted by molar-refractivity contribution is -0.0945. The average Bonchev–Trinajstić information content (AvgIpc) is 2.93. The molecule has 1 unspecified atom stereocenters. The number of hydrogen-bond donors (Lipinski definition) is 2. The van der Waals surface area contributed by atoms with Gasteiger partial charge < -0.3 is 15.4 Å². The van der Waals surface area contributed by atoms with Gasteiger partial charge in [-0.3, -0.25) is 4.99 Å². The predicted octanol–water partition coefficient (Wildman–Crippen LogP) is 2.44. The van der Waals surface area contributed by atoms with Gasteiger partial charge in [-0.15, -0.1) is 11.3 Å². The zero-order chi connectivity index (χ0) is 14.4. The van der Waals surface area contributed by atoms with Gasteiger partial charge in [0, 0.05) is 29.3 Å². The maximum absolute atomic E-state index is 5.27. The molecule has 2 N–H and O–H groups in total. The Balaban J connectivity index is 1.83. The van der Waals surface area contributed by atoms with Crippen molar-refractivity contribution in [3.63, 3.8) is 0 Å². The van der Waals surface area contributed by atoms with E-state index < -0.39 is 0 Å². The van der Waals surface area contributed by atoms with E-state index in [0.717, 1.165) is 38.8 Å². The van der Waals surface area contributed by atoms with E-state index in [-0.39, 0.29) is 5.41 Å². The van der Waals surface area contributed by atoms with Crippen LogP contribution in [-0.2, 0) is 4.74 Å². The molecule has 4 nitrogen and oxygen atoms in total. The zero-order valence-corrected chi connectivity index (χ0v) is 13.4. The number of aliphatic imine (C=N–C) groups is 1. The maximum Gasteiger partial charge on any atom is 0.191 e. The minimum absolute atomic E-state index is 0.224. The number of ether oxygens (including phenoxy) is 1. The molecule has 112 valence electrons. The molecule has 0 amide bonds. The Morgan fingerprint density at radius 3 is 2.85 bits per heavy atom. The van der Waals surface area contributed by atoms with Crippen LogP contribution < -0.4 is 10.6 Å². The Bertz CT molecular complexity index is 426. The number of nitrogens with one attached hydrogen (secondary N) is 2. The Morgan fingerprint density at radius 2 is 2.30 bits per heavy atom. The van der Waals surface area contributed by atoms with Gasteiger partial charge in [-0.05, 0) is 18.4 Å². The summed E-state index contributed by atoms with van der Waals surface area (Å²) in [5.74, 6) is 1.41. The van der Waals surface area contributed by atoms with Gasteiger partial charge in [0.2, 0.25) is 0 Å². The second kappa shape index (κ2) is 7.09. The molecule has 0 aliphatic carbocycles. The Morgan fingerprint density at radius 1 is 1.50 bits per heavy atom. The Labute approximate surface area is 125 Å². The zero-order valence-electron chi connectivity index (χ0n) is 12.6. The van der Waals surface area contributed by atoms with E-state index in [2.05, 4.69) is 53.9 Å². The first-order valence-corrected chi connectivity index (χ1v) is 8.14. The van der Waals surface area contributed by atoms with Crippen molar-refractivity contribution in [3.05, 3.63) is 22.4 Å². The number of thiophene rings is 1. The second-order valence-electron chi connectivity index (χ2n) is 5.80. The maximum atomic E-state index is 5.27. The molecular formula is C15H25N3OS. The van der Waals surface area contributed by atoms with Crippen molar-refractivity contribution in [1.82, 2.24) is 10.6 Å². The van der Waals surface area contributed by atoms with Crippen LogP contribution in [0.5, 0.6) is 0 Å². The molecule has 1 atom stereocenters. The summed E-state index contributed by atoms with van der Waals surface area (Å²) in [7, 11) is 0. The average molecular weight is 295 g/mol. The molecule has 2 rings (SSSR count). The third kappa shape index (κ3) is 4.21. The van der Waals surface area contributed by atoms with E-state index in [1.807, 2.05) is 11.3 Å². The SMILES string of the molecule is CCNC(=NCC1(C)COC1)NCC(C)c1cccs1. The quantitative estimate of drug-likeness (QED) is 0.626. The van der Waals surface area contributed by atoms with Gasteiger partial charge in [-0.25, -0.2) is 0 Å². The lowest BCUT2D eigenvalue weighted by Crippen LogP contribution is -2.44. The van der Waals surface area contributed by atoms with Crippen LogP contribution in [0.3, 0.4) is 0 Å². The molecule has 0 spiro atoms. The van der Waals surface area contributed by atoms with Crippen molar-refractivity contribution >= 4 is 17.3 Å². The van der Waals surface area contributed by atoms with Crippen LogP contribution in [0.2, 0.25) is 0 Å². The third-order valence-corrected chi connectivity index (χ3v) is 4.57. The van der Waals surface area contributed by atoms with Crippen molar-refractivity contribution in [1.29, 1.82) is 0 Å². The first kappa shape index (κ1) is 15.3. The van der Waals surface area contributed by atoms with E-state index in [0.29, 0.717) is 5.92 Å². The molecule has 5 heteroatoms. The first-order valence-electron chi connectivity index (χ1n) is 7.26. The lowest BCUT2D eigenvalue weighted by atomic mass is 9.89. The number of rotatable bonds is 6. The molecule has 0 bridgehead atoms. The highest BCUT2D eigenvalue weighted by Crippen LogP contribution is 2.26. The largest absolute Gasteiger partial charge is 0.380 e. The lowest BCUT2D eigenvalue weighted by Gasteiger charge is -2.36. The molecule has 1 saturated heterocycles. The molecule has 2 heterocycles. The van der Waals surface area contributed by atoms with Crippen molar-refractivity contribution in [2.24, 2.45) is 10.4 Å². The summed E-state index contributed by atoms with van der Waals surface area (Å²) in [6.07, 6.45) is 0. The highest BCUT2D eigenvalue weighted by Gasteiger charge is 2.33. The van der Waals surface area contributed by atoms with Gasteiger partial charge in [0.1, 0.15) is 0 Å². The van der Waals surface area contributed by atoms with Crippen LogP contribution in [0.25, 0.3) is 0 Å². The van der Waals surface area contributed by atoms with Crippen molar-refractivity contribution < 1.29 is 4.74 Å². The van der Waals surface area contributed by atoms with Gasteiger partial charge >= 0.3 is 0 Å². The minimum atomic E-state index is 0.224. The highest BCUT2D eigenvalue weighted by atomic mass is 32.1. The molecule has 1 aromatic heterocycles. The molecule has 1 aliphatic heterocycles. The minimum Gasteiger partial charge on any atom is -0.380 e. The Hall–Kier alpha value is -1.07. The molecule has 1 fully saturated rings. The fourth-order valence-electron chi connectivity index (χ4n) is 2.08. The summed E-state index contributed by atoms with van der Waals surface area (Å²) < 4.78 is 5.27. The van der Waals surface area contributed by atoms with E-state index in [1.165, 1.54) is 4.88 Å². The fourth-order valence-corrected chi connectivity index (χ4v) is 2.86. The monoisotopic (exact) mass is 295 g/mol. The normalized spacial score (nSPS) is 19.2. The van der Waals surface area contributed by atoms with Crippen molar-refractivity contribution in [2.75, 3.05) is 32.8 Å². The molecule has 1 aromatic rings. The van der Waals surface area contributed by atoms with Crippen LogP contribution in [0.15, 0.2) is 22.5 Å². The van der Waals surface area contributed by atoms with E-state index in [1.54, 1.807) is 0 Å². The van der Waals surface area contributed by atoms with Crippen LogP contribution in [0.4, 0.5) is 0 Å². The van der Waals surface area contributed by atoms with E-state index >= 15 is 0 Å². The molecular weight excluding hydrogens is 270 g/mol. The van der Waals surface area contributed by atoms with E-state index in [4.69, 9.17) is 4.74 Å². The molecule has 0 radical (unpaired) electrons. The number of guanidine groups is 1. The second-order valence-corrected chi connectivity index (χ2v) is 6.78. The summed E-state index contributed by atoms with van der Waals surface area (Å²) in [5, 5.41) is 8.87. The number of nitrogens with zero attached hydrogens (tertiary/aromatic N) is 1. The summed E-state index contributed by atoms with van der Waals surface area (Å²) in [6.45, 7) is 10.8. The van der Waals surface area contributed by atoms with Crippen LogP contribution >= 0.6 is 11.3 Å². The fraction of sp³-hybridized carbons (Fsp3) is 0.667. The number of hydrogen-bond acceptors (Lipinski definition) is 3. The van der Waals surface area contributed by atoms with Gasteiger partial charge in [-0.2, -0.15) is 0 Å². The topological polar surface area (TPSA) is 45.7 Å². The van der Waals surface area contributed by atoms with Gasteiger partial charge in [0.15, 0.2) is 5.96 Å². The molecule has 20 heavy (non-hydrogen) atoms. The molecule has 0 aromatic carbocycles. The molecule has 1 aliphatic rings. The third-order valence-electron chi connectivity index (χ3n) is 3.47. The predicted molar refractivity (Wildman–Crippen MR) is 85.6 cm³/mol. The van der Waals surface area contributed by atoms with Crippen LogP contribution in [0, 0.1) is 5.41 Å². The summed E-state index contributed by atoms with van der Waals surface area (Å²) in [4.78, 5) is 6.09.